The summed E-state index contributed by atoms with van der Waals surface area (Å²) in [6, 6.07) is 12.6. The van der Waals surface area contributed by atoms with Crippen LogP contribution in [0.3, 0.4) is 0 Å². The van der Waals surface area contributed by atoms with Crippen LogP contribution < -0.4 is 20.1 Å². The Morgan fingerprint density at radius 1 is 1.21 bits per heavy atom. The molecule has 0 spiro atoms. The molecular formula is C18H20N2O4. The fourth-order valence-corrected chi connectivity index (χ4v) is 2.49. The molecule has 0 bridgehead atoms. The summed E-state index contributed by atoms with van der Waals surface area (Å²) >= 11 is 0. The number of aryl methyl sites for hydroxylation is 1. The molecule has 2 aromatic carbocycles. The van der Waals surface area contributed by atoms with Gasteiger partial charge in [-0.1, -0.05) is 24.3 Å². The van der Waals surface area contributed by atoms with Gasteiger partial charge in [0.2, 0.25) is 6.79 Å². The van der Waals surface area contributed by atoms with Gasteiger partial charge in [-0.05, 0) is 42.7 Å². The average molecular weight is 328 g/mol. The van der Waals surface area contributed by atoms with E-state index in [4.69, 9.17) is 9.47 Å². The minimum absolute atomic E-state index is 0.204. The SMILES string of the molecule is Cc1ccccc1NC(=O)NCCC(O)c1ccc2c(c1)OCO2. The first-order chi connectivity index (χ1) is 11.6. The lowest BCUT2D eigenvalue weighted by atomic mass is 10.1. The van der Waals surface area contributed by atoms with Gasteiger partial charge in [-0.15, -0.1) is 0 Å². The van der Waals surface area contributed by atoms with Crippen LogP contribution >= 0.6 is 0 Å². The van der Waals surface area contributed by atoms with Crippen LogP contribution in [0.2, 0.25) is 0 Å². The van der Waals surface area contributed by atoms with Crippen molar-refractivity contribution in [1.82, 2.24) is 5.32 Å². The van der Waals surface area contributed by atoms with Crippen molar-refractivity contribution >= 4 is 11.7 Å². The quantitative estimate of drug-likeness (QED) is 0.788. The molecule has 0 saturated carbocycles. The number of nitrogens with one attached hydrogen (secondary N) is 2. The lowest BCUT2D eigenvalue weighted by Gasteiger charge is -2.13. The molecular weight excluding hydrogens is 308 g/mol. The first-order valence-corrected chi connectivity index (χ1v) is 7.81. The third-order valence-electron chi connectivity index (χ3n) is 3.88. The highest BCUT2D eigenvalue weighted by Crippen LogP contribution is 2.34. The van der Waals surface area contributed by atoms with E-state index in [9.17, 15) is 9.90 Å². The minimum atomic E-state index is -0.682. The summed E-state index contributed by atoms with van der Waals surface area (Å²) in [5.74, 6) is 1.32. The normalized spacial score (nSPS) is 13.4. The number of ether oxygens (including phenoxy) is 2. The maximum atomic E-state index is 11.9. The Bertz CT molecular complexity index is 733. The zero-order valence-corrected chi connectivity index (χ0v) is 13.4. The van der Waals surface area contributed by atoms with E-state index < -0.39 is 6.10 Å². The first-order valence-electron chi connectivity index (χ1n) is 7.81. The van der Waals surface area contributed by atoms with Crippen molar-refractivity contribution in [2.75, 3.05) is 18.7 Å². The second-order valence-electron chi connectivity index (χ2n) is 5.61. The van der Waals surface area contributed by atoms with Crippen molar-refractivity contribution < 1.29 is 19.4 Å². The van der Waals surface area contributed by atoms with Gasteiger partial charge in [0.1, 0.15) is 0 Å². The molecule has 3 rings (SSSR count). The monoisotopic (exact) mass is 328 g/mol. The van der Waals surface area contributed by atoms with E-state index in [0.717, 1.165) is 16.8 Å². The summed E-state index contributed by atoms with van der Waals surface area (Å²) < 4.78 is 10.5. The Morgan fingerprint density at radius 3 is 2.83 bits per heavy atom. The number of hydrogen-bond donors (Lipinski definition) is 3. The molecule has 1 aliphatic heterocycles. The van der Waals surface area contributed by atoms with E-state index in [1.54, 1.807) is 18.2 Å². The second kappa shape index (κ2) is 7.23. The molecule has 1 heterocycles. The van der Waals surface area contributed by atoms with E-state index in [1.807, 2.05) is 31.2 Å². The summed E-state index contributed by atoms with van der Waals surface area (Å²) in [7, 11) is 0. The van der Waals surface area contributed by atoms with E-state index >= 15 is 0 Å². The van der Waals surface area contributed by atoms with Crippen LogP contribution in [0.15, 0.2) is 42.5 Å². The maximum Gasteiger partial charge on any atom is 0.319 e. The number of carbonyl (C=O) groups excluding carboxylic acids is 1. The average Bonchev–Trinajstić information content (AvgIpc) is 3.04. The molecule has 0 radical (unpaired) electrons. The van der Waals surface area contributed by atoms with Crippen molar-refractivity contribution in [1.29, 1.82) is 0 Å². The number of carbonyl (C=O) groups is 1. The van der Waals surface area contributed by atoms with Gasteiger partial charge in [-0.25, -0.2) is 4.79 Å². The third-order valence-corrected chi connectivity index (χ3v) is 3.88. The Kier molecular flexibility index (Phi) is 4.86. The minimum Gasteiger partial charge on any atom is -0.454 e. The van der Waals surface area contributed by atoms with Gasteiger partial charge >= 0.3 is 6.03 Å². The number of benzene rings is 2. The van der Waals surface area contributed by atoms with Crippen LogP contribution in [0.5, 0.6) is 11.5 Å². The van der Waals surface area contributed by atoms with Crippen LogP contribution in [0.4, 0.5) is 10.5 Å². The summed E-state index contributed by atoms with van der Waals surface area (Å²) in [5.41, 5.74) is 2.50. The van der Waals surface area contributed by atoms with E-state index in [2.05, 4.69) is 10.6 Å². The predicted molar refractivity (Wildman–Crippen MR) is 90.3 cm³/mol. The number of rotatable bonds is 5. The molecule has 0 fully saturated rings. The summed E-state index contributed by atoms with van der Waals surface area (Å²) in [5, 5.41) is 15.8. The van der Waals surface area contributed by atoms with Gasteiger partial charge in [0.15, 0.2) is 11.5 Å². The van der Waals surface area contributed by atoms with Gasteiger partial charge in [0.25, 0.3) is 0 Å². The molecule has 0 aromatic heterocycles. The number of amides is 2. The molecule has 24 heavy (non-hydrogen) atoms. The van der Waals surface area contributed by atoms with Gasteiger partial charge < -0.3 is 25.2 Å². The zero-order chi connectivity index (χ0) is 16.9. The van der Waals surface area contributed by atoms with Crippen molar-refractivity contribution in [2.45, 2.75) is 19.4 Å². The lowest BCUT2D eigenvalue weighted by Crippen LogP contribution is -2.30. The van der Waals surface area contributed by atoms with Crippen LogP contribution in [0.1, 0.15) is 23.7 Å². The molecule has 126 valence electrons. The predicted octanol–water partition coefficient (Wildman–Crippen LogP) is 2.97. The highest BCUT2D eigenvalue weighted by Gasteiger charge is 2.16. The first kappa shape index (κ1) is 16.1. The topological polar surface area (TPSA) is 79.8 Å². The molecule has 6 heteroatoms. The Balaban J connectivity index is 1.47. The van der Waals surface area contributed by atoms with E-state index in [0.29, 0.717) is 24.5 Å². The van der Waals surface area contributed by atoms with Crippen molar-refractivity contribution in [3.05, 3.63) is 53.6 Å². The molecule has 1 unspecified atom stereocenters. The highest BCUT2D eigenvalue weighted by atomic mass is 16.7. The second-order valence-corrected chi connectivity index (χ2v) is 5.61. The third kappa shape index (κ3) is 3.78. The number of anilines is 1. The molecule has 1 atom stereocenters. The fraction of sp³-hybridized carbons (Fsp3) is 0.278. The molecule has 1 aliphatic rings. The molecule has 2 amide bonds. The maximum absolute atomic E-state index is 11.9. The Morgan fingerprint density at radius 2 is 2.00 bits per heavy atom. The van der Waals surface area contributed by atoms with E-state index in [1.165, 1.54) is 0 Å². The Labute approximate surface area is 140 Å². The van der Waals surface area contributed by atoms with Gasteiger partial charge in [0, 0.05) is 12.2 Å². The van der Waals surface area contributed by atoms with Gasteiger partial charge in [-0.3, -0.25) is 0 Å². The van der Waals surface area contributed by atoms with Gasteiger partial charge in [-0.2, -0.15) is 0 Å². The summed E-state index contributed by atoms with van der Waals surface area (Å²) in [4.78, 5) is 11.9. The lowest BCUT2D eigenvalue weighted by molar-refractivity contribution is 0.165. The van der Waals surface area contributed by atoms with Crippen molar-refractivity contribution in [3.8, 4) is 11.5 Å². The molecule has 6 nitrogen and oxygen atoms in total. The largest absolute Gasteiger partial charge is 0.454 e. The summed E-state index contributed by atoms with van der Waals surface area (Å²) in [6.45, 7) is 2.49. The highest BCUT2D eigenvalue weighted by molar-refractivity contribution is 5.89. The summed E-state index contributed by atoms with van der Waals surface area (Å²) in [6.07, 6.45) is -0.279. The standard InChI is InChI=1S/C18H20N2O4/c1-12-4-2-3-5-14(12)20-18(22)19-9-8-15(21)13-6-7-16-17(10-13)24-11-23-16/h2-7,10,15,21H,8-9,11H2,1H3,(H2,19,20,22). The molecule has 0 saturated heterocycles. The number of hydrogen-bond acceptors (Lipinski definition) is 4. The Hall–Kier alpha value is -2.73. The van der Waals surface area contributed by atoms with Crippen LogP contribution in [-0.2, 0) is 0 Å². The number of para-hydroxylation sites is 1. The number of fused-ring (bicyclic) bond motifs is 1. The fourth-order valence-electron chi connectivity index (χ4n) is 2.49. The molecule has 0 aliphatic carbocycles. The zero-order valence-electron chi connectivity index (χ0n) is 13.4. The molecule has 2 aromatic rings. The molecule has 3 N–H and O–H groups in total. The van der Waals surface area contributed by atoms with Crippen LogP contribution in [0.25, 0.3) is 0 Å². The van der Waals surface area contributed by atoms with E-state index in [-0.39, 0.29) is 12.8 Å². The van der Waals surface area contributed by atoms with Crippen LogP contribution in [0, 0.1) is 6.92 Å². The van der Waals surface area contributed by atoms with Crippen molar-refractivity contribution in [2.24, 2.45) is 0 Å². The smallest absolute Gasteiger partial charge is 0.319 e. The van der Waals surface area contributed by atoms with Crippen LogP contribution in [-0.4, -0.2) is 24.5 Å². The number of aliphatic hydroxyl groups is 1. The number of aliphatic hydroxyl groups excluding tert-OH is 1. The number of urea groups is 1. The van der Waals surface area contributed by atoms with Crippen molar-refractivity contribution in [3.63, 3.8) is 0 Å². The van der Waals surface area contributed by atoms with Gasteiger partial charge in [0.05, 0.1) is 6.10 Å².